The molecule has 1 aliphatic carbocycles. The summed E-state index contributed by atoms with van der Waals surface area (Å²) in [7, 11) is 0. The lowest BCUT2D eigenvalue weighted by atomic mass is 9.79. The van der Waals surface area contributed by atoms with Gasteiger partial charge in [0, 0.05) is 5.92 Å². The number of rotatable bonds is 7. The van der Waals surface area contributed by atoms with E-state index in [9.17, 15) is 9.59 Å². The summed E-state index contributed by atoms with van der Waals surface area (Å²) in [4.78, 5) is 25.5. The number of hydrogen-bond donors (Lipinski definition) is 0. The molecule has 2 atom stereocenters. The lowest BCUT2D eigenvalue weighted by molar-refractivity contribution is -0.154. The summed E-state index contributed by atoms with van der Waals surface area (Å²) >= 11 is 0. The van der Waals surface area contributed by atoms with Crippen LogP contribution in [0.4, 0.5) is 0 Å². The van der Waals surface area contributed by atoms with Crippen molar-refractivity contribution in [3.8, 4) is 5.75 Å². The van der Waals surface area contributed by atoms with Crippen LogP contribution in [0.25, 0.3) is 6.08 Å². The van der Waals surface area contributed by atoms with Gasteiger partial charge in [-0.3, -0.25) is 4.79 Å². The maximum atomic E-state index is 13.2. The van der Waals surface area contributed by atoms with Gasteiger partial charge in [0.15, 0.2) is 13.2 Å². The fourth-order valence-electron chi connectivity index (χ4n) is 4.90. The minimum atomic E-state index is -0.625. The molecule has 1 aromatic carbocycles. The molecular weight excluding hydrogens is 460 g/mol. The van der Waals surface area contributed by atoms with Crippen molar-refractivity contribution in [1.82, 2.24) is 5.01 Å². The Morgan fingerprint density at radius 3 is 2.58 bits per heavy atom. The number of hydrazone groups is 1. The molecule has 3 heterocycles. The maximum absolute atomic E-state index is 13.2. The average molecular weight is 489 g/mol. The average Bonchev–Trinajstić information content (AvgIpc) is 3.61. The van der Waals surface area contributed by atoms with E-state index in [1.807, 2.05) is 56.3 Å². The first-order chi connectivity index (χ1) is 17.5. The van der Waals surface area contributed by atoms with Crippen molar-refractivity contribution < 1.29 is 27.9 Å². The number of nitrogens with zero attached hydrogens (tertiary/aromatic N) is 2. The molecule has 2 unspecified atom stereocenters. The third kappa shape index (κ3) is 5.12. The van der Waals surface area contributed by atoms with Crippen LogP contribution in [0.1, 0.15) is 48.0 Å². The van der Waals surface area contributed by atoms with Gasteiger partial charge >= 0.3 is 5.97 Å². The number of ether oxygens (including phenoxy) is 2. The number of fused-ring (bicyclic) bond motifs is 1. The minimum absolute atomic E-state index is 0.0151. The molecule has 36 heavy (non-hydrogen) atoms. The summed E-state index contributed by atoms with van der Waals surface area (Å²) in [5.41, 5.74) is 3.95. The quantitative estimate of drug-likeness (QED) is 0.423. The summed E-state index contributed by atoms with van der Waals surface area (Å²) in [6.45, 7) is 3.19. The predicted molar refractivity (Wildman–Crippen MR) is 132 cm³/mol. The van der Waals surface area contributed by atoms with Crippen molar-refractivity contribution in [2.75, 3.05) is 13.2 Å². The molecule has 1 amide bonds. The molecule has 0 saturated heterocycles. The van der Waals surface area contributed by atoms with E-state index in [-0.39, 0.29) is 12.5 Å². The topological polar surface area (TPSA) is 94.5 Å². The summed E-state index contributed by atoms with van der Waals surface area (Å²) < 4.78 is 22.0. The van der Waals surface area contributed by atoms with Crippen LogP contribution < -0.4 is 4.74 Å². The minimum Gasteiger partial charge on any atom is -0.482 e. The van der Waals surface area contributed by atoms with Gasteiger partial charge in [0.05, 0.1) is 18.2 Å². The lowest BCUT2D eigenvalue weighted by Gasteiger charge is -2.27. The molecule has 5 rings (SSSR count). The Morgan fingerprint density at radius 1 is 1.08 bits per heavy atom. The van der Waals surface area contributed by atoms with Gasteiger partial charge < -0.3 is 18.3 Å². The number of carbonyl (C=O) groups is 2. The Labute approximate surface area is 209 Å². The predicted octanol–water partition coefficient (Wildman–Crippen LogP) is 5.23. The third-order valence-corrected chi connectivity index (χ3v) is 6.36. The van der Waals surface area contributed by atoms with Crippen LogP contribution in [0.2, 0.25) is 0 Å². The number of hydrogen-bond acceptors (Lipinski definition) is 7. The first-order valence-electron chi connectivity index (χ1n) is 12.0. The summed E-state index contributed by atoms with van der Waals surface area (Å²) in [5, 5.41) is 6.11. The van der Waals surface area contributed by atoms with Crippen LogP contribution in [0, 0.1) is 19.8 Å². The van der Waals surface area contributed by atoms with Crippen LogP contribution in [0.3, 0.4) is 0 Å². The van der Waals surface area contributed by atoms with Crippen LogP contribution >= 0.6 is 0 Å². The van der Waals surface area contributed by atoms with E-state index in [1.54, 1.807) is 18.6 Å². The van der Waals surface area contributed by atoms with E-state index in [1.165, 1.54) is 5.01 Å². The van der Waals surface area contributed by atoms with E-state index in [0.29, 0.717) is 11.5 Å². The molecule has 3 aromatic rings. The van der Waals surface area contributed by atoms with Crippen LogP contribution in [0.5, 0.6) is 5.75 Å². The number of furan rings is 2. The zero-order chi connectivity index (χ0) is 25.1. The van der Waals surface area contributed by atoms with Crippen LogP contribution in [-0.2, 0) is 14.3 Å². The lowest BCUT2D eigenvalue weighted by Crippen LogP contribution is -2.34. The standard InChI is InChI=1S/C28H28N2O6/c1-18-12-19(2)14-22(13-18)35-17-26(32)36-16-25(31)30-28(24-9-5-11-34-24)23-8-3-6-20(27(23)29-30)15-21-7-4-10-33-21/h4-5,7,9-15,23,28H,3,6,8,16-17H2,1-2H3. The molecule has 0 radical (unpaired) electrons. The Bertz CT molecular complexity index is 1270. The normalized spacial score (nSPS) is 20.2. The molecule has 0 spiro atoms. The number of esters is 1. The van der Waals surface area contributed by atoms with E-state index in [0.717, 1.165) is 47.4 Å². The maximum Gasteiger partial charge on any atom is 0.344 e. The highest BCUT2D eigenvalue weighted by atomic mass is 16.6. The second-order valence-corrected chi connectivity index (χ2v) is 9.14. The van der Waals surface area contributed by atoms with Gasteiger partial charge in [-0.05, 0) is 92.3 Å². The van der Waals surface area contributed by atoms with Gasteiger partial charge in [-0.2, -0.15) is 5.10 Å². The summed E-state index contributed by atoms with van der Waals surface area (Å²) in [6.07, 6.45) is 7.86. The van der Waals surface area contributed by atoms with E-state index in [2.05, 4.69) is 0 Å². The van der Waals surface area contributed by atoms with Crippen molar-refractivity contribution in [2.45, 2.75) is 39.2 Å². The highest BCUT2D eigenvalue weighted by molar-refractivity contribution is 6.08. The van der Waals surface area contributed by atoms with E-state index >= 15 is 0 Å². The molecule has 1 fully saturated rings. The van der Waals surface area contributed by atoms with Gasteiger partial charge in [-0.15, -0.1) is 0 Å². The molecule has 8 heteroatoms. The van der Waals surface area contributed by atoms with Crippen molar-refractivity contribution >= 4 is 23.7 Å². The van der Waals surface area contributed by atoms with Gasteiger partial charge in [0.25, 0.3) is 5.91 Å². The van der Waals surface area contributed by atoms with Crippen molar-refractivity contribution in [1.29, 1.82) is 0 Å². The van der Waals surface area contributed by atoms with Crippen molar-refractivity contribution in [3.63, 3.8) is 0 Å². The van der Waals surface area contributed by atoms with E-state index < -0.39 is 24.5 Å². The van der Waals surface area contributed by atoms with Gasteiger partial charge in [-0.25, -0.2) is 9.80 Å². The Morgan fingerprint density at radius 2 is 1.86 bits per heavy atom. The summed E-state index contributed by atoms with van der Waals surface area (Å²) in [5.74, 6) is 0.912. The molecule has 0 bridgehead atoms. The zero-order valence-electron chi connectivity index (χ0n) is 20.3. The Hall–Kier alpha value is -4.07. The SMILES string of the molecule is Cc1cc(C)cc(OCC(=O)OCC(=O)N2N=C3C(=Cc4ccco4)CCCC3C2c2ccco2)c1. The Kier molecular flexibility index (Phi) is 6.75. The number of benzene rings is 1. The smallest absolute Gasteiger partial charge is 0.344 e. The third-order valence-electron chi connectivity index (χ3n) is 6.36. The number of carbonyl (C=O) groups excluding carboxylic acids is 2. The second kappa shape index (κ2) is 10.3. The molecule has 0 N–H and O–H groups in total. The van der Waals surface area contributed by atoms with Crippen molar-refractivity contribution in [3.05, 3.63) is 83.2 Å². The largest absolute Gasteiger partial charge is 0.482 e. The van der Waals surface area contributed by atoms with Crippen LogP contribution in [-0.4, -0.2) is 35.8 Å². The molecule has 8 nitrogen and oxygen atoms in total. The molecule has 2 aliphatic rings. The fraction of sp³-hybridized carbons (Fsp3) is 0.321. The summed E-state index contributed by atoms with van der Waals surface area (Å²) in [6, 6.07) is 12.7. The molecule has 2 aromatic heterocycles. The zero-order valence-corrected chi connectivity index (χ0v) is 20.3. The van der Waals surface area contributed by atoms with Crippen molar-refractivity contribution in [2.24, 2.45) is 11.0 Å². The number of allylic oxidation sites excluding steroid dienone is 1. The molecule has 186 valence electrons. The van der Waals surface area contributed by atoms with Gasteiger partial charge in [0.2, 0.25) is 0 Å². The highest BCUT2D eigenvalue weighted by Gasteiger charge is 2.45. The number of amides is 1. The monoisotopic (exact) mass is 488 g/mol. The van der Waals surface area contributed by atoms with Crippen LogP contribution in [0.15, 0.2) is 74.5 Å². The first kappa shape index (κ1) is 23.7. The Balaban J connectivity index is 1.28. The molecular formula is C28H28N2O6. The molecule has 1 aliphatic heterocycles. The van der Waals surface area contributed by atoms with Gasteiger partial charge in [0.1, 0.15) is 23.3 Å². The number of aryl methyl sites for hydroxylation is 2. The molecule has 1 saturated carbocycles. The first-order valence-corrected chi connectivity index (χ1v) is 12.0. The van der Waals surface area contributed by atoms with E-state index in [4.69, 9.17) is 23.4 Å². The second-order valence-electron chi connectivity index (χ2n) is 9.14. The fourth-order valence-corrected chi connectivity index (χ4v) is 4.90. The highest BCUT2D eigenvalue weighted by Crippen LogP contribution is 2.44. The van der Waals surface area contributed by atoms with Gasteiger partial charge in [-0.1, -0.05) is 6.07 Å².